The van der Waals surface area contributed by atoms with Crippen molar-refractivity contribution in [2.45, 2.75) is 26.4 Å². The molecule has 0 atom stereocenters. The number of aromatic nitrogens is 2. The third-order valence-corrected chi connectivity index (χ3v) is 2.55. The molecule has 4 heteroatoms. The highest BCUT2D eigenvalue weighted by atomic mass is 16.5. The summed E-state index contributed by atoms with van der Waals surface area (Å²) in [5.74, 6) is 1.60. The molecule has 4 nitrogen and oxygen atoms in total. The van der Waals surface area contributed by atoms with Gasteiger partial charge in [-0.2, -0.15) is 5.26 Å². The first-order valence-corrected chi connectivity index (χ1v) is 5.60. The zero-order valence-electron chi connectivity index (χ0n) is 10.3. The summed E-state index contributed by atoms with van der Waals surface area (Å²) in [6.45, 7) is 3.98. The van der Waals surface area contributed by atoms with Gasteiger partial charge in [-0.15, -0.1) is 0 Å². The maximum absolute atomic E-state index is 8.71. The molecule has 0 aliphatic heterocycles. The van der Waals surface area contributed by atoms with Gasteiger partial charge in [0.05, 0.1) is 29.6 Å². The predicted octanol–water partition coefficient (Wildman–Crippen LogP) is 2.43. The molecule has 0 amide bonds. The summed E-state index contributed by atoms with van der Waals surface area (Å²) in [5.41, 5.74) is 1.89. The van der Waals surface area contributed by atoms with Crippen molar-refractivity contribution in [2.24, 2.45) is 7.05 Å². The average Bonchev–Trinajstić information content (AvgIpc) is 2.55. The van der Waals surface area contributed by atoms with Crippen LogP contribution in [0.15, 0.2) is 18.2 Å². The van der Waals surface area contributed by atoms with Crippen molar-refractivity contribution < 1.29 is 4.74 Å². The maximum Gasteiger partial charge on any atom is 0.123 e. The standard InChI is InChI=1S/C13H15N3O/c1-9(2)17-10-4-5-12-11(8-10)15-13(6-7-14)16(12)3/h4-5,8-9H,6H2,1-3H3. The number of nitrogens with zero attached hydrogens (tertiary/aromatic N) is 3. The van der Waals surface area contributed by atoms with E-state index in [1.165, 1.54) is 0 Å². The molecule has 0 radical (unpaired) electrons. The van der Waals surface area contributed by atoms with Gasteiger partial charge in [0.2, 0.25) is 0 Å². The van der Waals surface area contributed by atoms with Crippen molar-refractivity contribution in [3.63, 3.8) is 0 Å². The minimum Gasteiger partial charge on any atom is -0.491 e. The Bertz CT molecular complexity index is 578. The lowest BCUT2D eigenvalue weighted by atomic mass is 10.3. The van der Waals surface area contributed by atoms with Gasteiger partial charge in [0.15, 0.2) is 0 Å². The van der Waals surface area contributed by atoms with E-state index in [1.54, 1.807) is 0 Å². The smallest absolute Gasteiger partial charge is 0.123 e. The number of hydrogen-bond acceptors (Lipinski definition) is 3. The van der Waals surface area contributed by atoms with Gasteiger partial charge in [0.1, 0.15) is 11.6 Å². The molecule has 0 bridgehead atoms. The predicted molar refractivity (Wildman–Crippen MR) is 65.8 cm³/mol. The van der Waals surface area contributed by atoms with Gasteiger partial charge in [-0.05, 0) is 26.0 Å². The molecular formula is C13H15N3O. The number of benzene rings is 1. The topological polar surface area (TPSA) is 50.8 Å². The summed E-state index contributed by atoms with van der Waals surface area (Å²) in [5, 5.41) is 8.71. The van der Waals surface area contributed by atoms with E-state index in [9.17, 15) is 0 Å². The van der Waals surface area contributed by atoms with Crippen LogP contribution in [0.25, 0.3) is 11.0 Å². The van der Waals surface area contributed by atoms with E-state index in [1.807, 2.05) is 43.7 Å². The van der Waals surface area contributed by atoms with Gasteiger partial charge < -0.3 is 9.30 Å². The van der Waals surface area contributed by atoms with E-state index < -0.39 is 0 Å². The molecule has 0 N–H and O–H groups in total. The van der Waals surface area contributed by atoms with Gasteiger partial charge in [-0.3, -0.25) is 0 Å². The monoisotopic (exact) mass is 229 g/mol. The van der Waals surface area contributed by atoms with Crippen LogP contribution in [-0.4, -0.2) is 15.7 Å². The van der Waals surface area contributed by atoms with Crippen molar-refractivity contribution in [3.05, 3.63) is 24.0 Å². The number of nitriles is 1. The Morgan fingerprint density at radius 1 is 1.47 bits per heavy atom. The summed E-state index contributed by atoms with van der Waals surface area (Å²) in [6, 6.07) is 7.93. The molecule has 88 valence electrons. The van der Waals surface area contributed by atoms with Crippen LogP contribution in [-0.2, 0) is 13.5 Å². The molecule has 0 fully saturated rings. The highest BCUT2D eigenvalue weighted by Gasteiger charge is 2.08. The summed E-state index contributed by atoms with van der Waals surface area (Å²) in [6.07, 6.45) is 0.473. The zero-order valence-corrected chi connectivity index (χ0v) is 10.3. The third kappa shape index (κ3) is 2.23. The van der Waals surface area contributed by atoms with Crippen LogP contribution in [0, 0.1) is 11.3 Å². The van der Waals surface area contributed by atoms with Gasteiger partial charge in [0.25, 0.3) is 0 Å². The van der Waals surface area contributed by atoms with E-state index in [4.69, 9.17) is 10.00 Å². The highest BCUT2D eigenvalue weighted by molar-refractivity contribution is 5.77. The fraction of sp³-hybridized carbons (Fsp3) is 0.385. The number of fused-ring (bicyclic) bond motifs is 1. The molecule has 2 rings (SSSR count). The summed E-state index contributed by atoms with van der Waals surface area (Å²) in [7, 11) is 1.92. The van der Waals surface area contributed by atoms with Crippen molar-refractivity contribution in [1.29, 1.82) is 5.26 Å². The van der Waals surface area contributed by atoms with Gasteiger partial charge in [-0.25, -0.2) is 4.98 Å². The van der Waals surface area contributed by atoms with Gasteiger partial charge in [0, 0.05) is 13.1 Å². The Kier molecular flexibility index (Phi) is 3.01. The lowest BCUT2D eigenvalue weighted by molar-refractivity contribution is 0.242. The van der Waals surface area contributed by atoms with Crippen LogP contribution in [0.3, 0.4) is 0 Å². The van der Waals surface area contributed by atoms with Crippen LogP contribution in [0.1, 0.15) is 19.7 Å². The lowest BCUT2D eigenvalue weighted by Gasteiger charge is -2.09. The van der Waals surface area contributed by atoms with E-state index in [2.05, 4.69) is 11.1 Å². The van der Waals surface area contributed by atoms with Crippen molar-refractivity contribution in [1.82, 2.24) is 9.55 Å². The number of imidazole rings is 1. The minimum atomic E-state index is 0.148. The molecule has 0 unspecified atom stereocenters. The molecule has 2 aromatic rings. The molecular weight excluding hydrogens is 214 g/mol. The number of hydrogen-bond donors (Lipinski definition) is 0. The fourth-order valence-electron chi connectivity index (χ4n) is 1.80. The Balaban J connectivity index is 2.45. The second-order valence-corrected chi connectivity index (χ2v) is 4.24. The summed E-state index contributed by atoms with van der Waals surface area (Å²) in [4.78, 5) is 4.43. The molecule has 1 aromatic carbocycles. The molecule has 1 aromatic heterocycles. The van der Waals surface area contributed by atoms with E-state index in [-0.39, 0.29) is 6.10 Å². The first kappa shape index (κ1) is 11.5. The van der Waals surface area contributed by atoms with E-state index in [0.717, 1.165) is 22.6 Å². The maximum atomic E-state index is 8.71. The fourth-order valence-corrected chi connectivity index (χ4v) is 1.80. The molecule has 0 aliphatic carbocycles. The normalized spacial score (nSPS) is 10.8. The summed E-state index contributed by atoms with van der Waals surface area (Å²) >= 11 is 0. The van der Waals surface area contributed by atoms with Gasteiger partial charge in [-0.1, -0.05) is 0 Å². The largest absolute Gasteiger partial charge is 0.491 e. The van der Waals surface area contributed by atoms with E-state index >= 15 is 0 Å². The quantitative estimate of drug-likeness (QED) is 0.812. The van der Waals surface area contributed by atoms with E-state index in [0.29, 0.717) is 6.42 Å². The zero-order chi connectivity index (χ0) is 12.4. The second kappa shape index (κ2) is 4.46. The Morgan fingerprint density at radius 3 is 2.88 bits per heavy atom. The van der Waals surface area contributed by atoms with Crippen LogP contribution < -0.4 is 4.74 Å². The molecule has 0 spiro atoms. The summed E-state index contributed by atoms with van der Waals surface area (Å²) < 4.78 is 7.56. The van der Waals surface area contributed by atoms with Crippen molar-refractivity contribution >= 4 is 11.0 Å². The van der Waals surface area contributed by atoms with Crippen molar-refractivity contribution in [2.75, 3.05) is 0 Å². The Morgan fingerprint density at radius 2 is 2.24 bits per heavy atom. The highest BCUT2D eigenvalue weighted by Crippen LogP contribution is 2.22. The number of ether oxygens (including phenoxy) is 1. The number of aryl methyl sites for hydroxylation is 1. The van der Waals surface area contributed by atoms with Crippen LogP contribution in [0.5, 0.6) is 5.75 Å². The van der Waals surface area contributed by atoms with Crippen LogP contribution in [0.4, 0.5) is 0 Å². The average molecular weight is 229 g/mol. The van der Waals surface area contributed by atoms with Crippen molar-refractivity contribution in [3.8, 4) is 11.8 Å². The first-order chi connectivity index (χ1) is 8.11. The molecule has 0 aliphatic rings. The third-order valence-electron chi connectivity index (χ3n) is 2.55. The second-order valence-electron chi connectivity index (χ2n) is 4.24. The van der Waals surface area contributed by atoms with Crippen LogP contribution in [0.2, 0.25) is 0 Å². The molecule has 1 heterocycles. The Hall–Kier alpha value is -2.02. The molecule has 0 saturated carbocycles. The number of rotatable bonds is 3. The minimum absolute atomic E-state index is 0.148. The van der Waals surface area contributed by atoms with Gasteiger partial charge >= 0.3 is 0 Å². The first-order valence-electron chi connectivity index (χ1n) is 5.60. The van der Waals surface area contributed by atoms with Crippen LogP contribution >= 0.6 is 0 Å². The molecule has 0 saturated heterocycles. The molecule has 17 heavy (non-hydrogen) atoms. The lowest BCUT2D eigenvalue weighted by Crippen LogP contribution is -2.05. The SMILES string of the molecule is CC(C)Oc1ccc2c(c1)nc(CC#N)n2C. The Labute approximate surface area is 100 Å².